The quantitative estimate of drug-likeness (QED) is 0.796. The molecule has 1 aromatic carbocycles. The summed E-state index contributed by atoms with van der Waals surface area (Å²) in [6.45, 7) is 2.93. The largest absolute Gasteiger partial charge is 0.312 e. The molecule has 1 aliphatic heterocycles. The Kier molecular flexibility index (Phi) is 4.52. The lowest BCUT2D eigenvalue weighted by molar-refractivity contribution is -0.120. The molecule has 0 bridgehead atoms. The topological polar surface area (TPSA) is 20.3 Å². The van der Waals surface area contributed by atoms with Gasteiger partial charge < -0.3 is 4.90 Å². The average molecular weight is 286 g/mol. The van der Waals surface area contributed by atoms with E-state index in [9.17, 15) is 4.79 Å². The van der Waals surface area contributed by atoms with Crippen LogP contribution in [-0.2, 0) is 4.79 Å². The van der Waals surface area contributed by atoms with Gasteiger partial charge in [0.1, 0.15) is 0 Å². The molecule has 0 aliphatic carbocycles. The Morgan fingerprint density at radius 2 is 2.11 bits per heavy atom. The first-order valence-corrected chi connectivity index (χ1v) is 7.15. The number of rotatable bonds is 4. The van der Waals surface area contributed by atoms with Gasteiger partial charge in [-0.1, -0.05) is 43.0 Å². The average Bonchev–Trinajstić information content (AvgIpc) is 2.72. The van der Waals surface area contributed by atoms with Crippen molar-refractivity contribution in [2.45, 2.75) is 32.6 Å². The van der Waals surface area contributed by atoms with Gasteiger partial charge in [-0.25, -0.2) is 0 Å². The molecule has 4 heteroatoms. The second-order valence-electron chi connectivity index (χ2n) is 4.72. The molecule has 2 nitrogen and oxygen atoms in total. The summed E-state index contributed by atoms with van der Waals surface area (Å²) in [6.07, 6.45) is 4.19. The Morgan fingerprint density at radius 1 is 1.33 bits per heavy atom. The number of carbonyl (C=O) groups is 1. The van der Waals surface area contributed by atoms with Crippen LogP contribution in [0, 0.1) is 5.92 Å². The van der Waals surface area contributed by atoms with E-state index in [-0.39, 0.29) is 11.8 Å². The maximum Gasteiger partial charge on any atom is 0.230 e. The third kappa shape index (κ3) is 2.81. The monoisotopic (exact) mass is 285 g/mol. The molecular formula is C14H17Cl2NO. The molecule has 1 aliphatic rings. The third-order valence-electron chi connectivity index (χ3n) is 3.44. The molecule has 2 rings (SSSR count). The smallest absolute Gasteiger partial charge is 0.230 e. The first-order valence-electron chi connectivity index (χ1n) is 6.40. The Morgan fingerprint density at radius 3 is 2.78 bits per heavy atom. The van der Waals surface area contributed by atoms with E-state index in [1.54, 1.807) is 12.1 Å². The van der Waals surface area contributed by atoms with Crippen LogP contribution in [0.4, 0.5) is 5.69 Å². The molecule has 0 aromatic heterocycles. The number of nitrogens with zero attached hydrogens (tertiary/aromatic N) is 1. The minimum absolute atomic E-state index is 0.180. The van der Waals surface area contributed by atoms with Crippen LogP contribution < -0.4 is 4.90 Å². The van der Waals surface area contributed by atoms with Crippen molar-refractivity contribution in [3.05, 3.63) is 28.2 Å². The molecule has 98 valence electrons. The zero-order valence-corrected chi connectivity index (χ0v) is 12.0. The number of unbranched alkanes of at least 4 members (excludes halogenated alkanes) is 1. The number of anilines is 1. The van der Waals surface area contributed by atoms with E-state index in [4.69, 9.17) is 23.2 Å². The normalized spacial score (nSPS) is 19.6. The Labute approximate surface area is 118 Å². The van der Waals surface area contributed by atoms with Gasteiger partial charge in [0, 0.05) is 18.2 Å². The molecule has 1 amide bonds. The van der Waals surface area contributed by atoms with Crippen molar-refractivity contribution in [2.24, 2.45) is 5.92 Å². The first-order chi connectivity index (χ1) is 8.63. The number of halogens is 2. The summed E-state index contributed by atoms with van der Waals surface area (Å²) in [6, 6.07) is 5.37. The SMILES string of the molecule is CCCCC1CCN(c2ccc(Cl)c(Cl)c2)C1=O. The summed E-state index contributed by atoms with van der Waals surface area (Å²) >= 11 is 11.9. The number of hydrogen-bond acceptors (Lipinski definition) is 1. The molecule has 0 saturated carbocycles. The van der Waals surface area contributed by atoms with Crippen LogP contribution in [0.2, 0.25) is 10.0 Å². The molecule has 1 aromatic rings. The molecule has 1 atom stereocenters. The summed E-state index contributed by atoms with van der Waals surface area (Å²) in [5, 5.41) is 1.02. The maximum absolute atomic E-state index is 12.3. The highest BCUT2D eigenvalue weighted by molar-refractivity contribution is 6.42. The highest BCUT2D eigenvalue weighted by Gasteiger charge is 2.31. The fourth-order valence-electron chi connectivity index (χ4n) is 2.37. The Hall–Kier alpha value is -0.730. The fraction of sp³-hybridized carbons (Fsp3) is 0.500. The highest BCUT2D eigenvalue weighted by atomic mass is 35.5. The van der Waals surface area contributed by atoms with Gasteiger partial charge in [-0.15, -0.1) is 0 Å². The number of amides is 1. The van der Waals surface area contributed by atoms with Crippen molar-refractivity contribution < 1.29 is 4.79 Å². The van der Waals surface area contributed by atoms with E-state index in [2.05, 4.69) is 6.92 Å². The second-order valence-corrected chi connectivity index (χ2v) is 5.53. The van der Waals surface area contributed by atoms with Gasteiger partial charge in [0.25, 0.3) is 0 Å². The van der Waals surface area contributed by atoms with Crippen molar-refractivity contribution in [3.63, 3.8) is 0 Å². The van der Waals surface area contributed by atoms with Crippen LogP contribution >= 0.6 is 23.2 Å². The summed E-state index contributed by atoms with van der Waals surface area (Å²) in [7, 11) is 0. The van der Waals surface area contributed by atoms with Gasteiger partial charge >= 0.3 is 0 Å². The molecule has 0 N–H and O–H groups in total. The number of benzene rings is 1. The van der Waals surface area contributed by atoms with Crippen LogP contribution in [0.1, 0.15) is 32.6 Å². The maximum atomic E-state index is 12.3. The number of hydrogen-bond donors (Lipinski definition) is 0. The summed E-state index contributed by atoms with van der Waals surface area (Å²) in [4.78, 5) is 14.1. The van der Waals surface area contributed by atoms with E-state index < -0.39 is 0 Å². The molecule has 0 spiro atoms. The Bertz CT molecular complexity index is 447. The summed E-state index contributed by atoms with van der Waals surface area (Å²) in [5.74, 6) is 0.404. The molecule has 1 unspecified atom stereocenters. The minimum Gasteiger partial charge on any atom is -0.312 e. The van der Waals surface area contributed by atoms with Crippen LogP contribution in [-0.4, -0.2) is 12.5 Å². The third-order valence-corrected chi connectivity index (χ3v) is 4.18. The van der Waals surface area contributed by atoms with E-state index in [1.165, 1.54) is 0 Å². The van der Waals surface area contributed by atoms with Crippen molar-refractivity contribution in [1.82, 2.24) is 0 Å². The van der Waals surface area contributed by atoms with Crippen LogP contribution in [0.5, 0.6) is 0 Å². The van der Waals surface area contributed by atoms with Crippen LogP contribution in [0.3, 0.4) is 0 Å². The first kappa shape index (κ1) is 13.7. The molecule has 1 fully saturated rings. The van der Waals surface area contributed by atoms with Crippen molar-refractivity contribution in [1.29, 1.82) is 0 Å². The van der Waals surface area contributed by atoms with Crippen molar-refractivity contribution in [3.8, 4) is 0 Å². The van der Waals surface area contributed by atoms with E-state index >= 15 is 0 Å². The zero-order chi connectivity index (χ0) is 13.1. The Balaban J connectivity index is 2.10. The lowest BCUT2D eigenvalue weighted by Gasteiger charge is -2.17. The predicted octanol–water partition coefficient (Wildman–Crippen LogP) is 4.54. The van der Waals surface area contributed by atoms with Gasteiger partial charge in [-0.05, 0) is 31.0 Å². The predicted molar refractivity (Wildman–Crippen MR) is 76.4 cm³/mol. The summed E-state index contributed by atoms with van der Waals surface area (Å²) < 4.78 is 0. The minimum atomic E-state index is 0.180. The standard InChI is InChI=1S/C14H17Cl2NO/c1-2-3-4-10-7-8-17(14(10)18)11-5-6-12(15)13(16)9-11/h5-6,9-10H,2-4,7-8H2,1H3. The summed E-state index contributed by atoms with van der Waals surface area (Å²) in [5.41, 5.74) is 0.855. The van der Waals surface area contributed by atoms with Gasteiger partial charge in [-0.3, -0.25) is 4.79 Å². The van der Waals surface area contributed by atoms with E-state index in [1.807, 2.05) is 11.0 Å². The van der Waals surface area contributed by atoms with Gasteiger partial charge in [-0.2, -0.15) is 0 Å². The van der Waals surface area contributed by atoms with Gasteiger partial charge in [0.15, 0.2) is 0 Å². The van der Waals surface area contributed by atoms with Crippen molar-refractivity contribution in [2.75, 3.05) is 11.4 Å². The van der Waals surface area contributed by atoms with Gasteiger partial charge in [0.2, 0.25) is 5.91 Å². The fourth-order valence-corrected chi connectivity index (χ4v) is 2.66. The second kappa shape index (κ2) is 5.94. The lowest BCUT2D eigenvalue weighted by Crippen LogP contribution is -2.26. The van der Waals surface area contributed by atoms with Crippen LogP contribution in [0.25, 0.3) is 0 Å². The molecule has 0 radical (unpaired) electrons. The van der Waals surface area contributed by atoms with E-state index in [0.717, 1.165) is 37.9 Å². The zero-order valence-electron chi connectivity index (χ0n) is 10.5. The molecule has 1 heterocycles. The number of carbonyl (C=O) groups excluding carboxylic acids is 1. The van der Waals surface area contributed by atoms with Crippen molar-refractivity contribution >= 4 is 34.8 Å². The molecule has 1 saturated heterocycles. The molecular weight excluding hydrogens is 269 g/mol. The van der Waals surface area contributed by atoms with E-state index in [0.29, 0.717) is 10.0 Å². The van der Waals surface area contributed by atoms with Crippen LogP contribution in [0.15, 0.2) is 18.2 Å². The molecule has 18 heavy (non-hydrogen) atoms. The highest BCUT2D eigenvalue weighted by Crippen LogP contribution is 2.32. The lowest BCUT2D eigenvalue weighted by atomic mass is 10.0. The van der Waals surface area contributed by atoms with Gasteiger partial charge in [0.05, 0.1) is 10.0 Å².